The molecule has 2 aromatic carbocycles. The van der Waals surface area contributed by atoms with E-state index < -0.39 is 0 Å². The van der Waals surface area contributed by atoms with Gasteiger partial charge in [0.1, 0.15) is 5.75 Å². The summed E-state index contributed by atoms with van der Waals surface area (Å²) < 4.78 is 13.3. The Morgan fingerprint density at radius 3 is 2.64 bits per heavy atom. The number of nitrogens with zero attached hydrogens (tertiary/aromatic N) is 5. The van der Waals surface area contributed by atoms with E-state index in [0.29, 0.717) is 27.8 Å². The highest BCUT2D eigenvalue weighted by Gasteiger charge is 2.23. The normalized spacial score (nSPS) is 12.1. The second-order valence-electron chi connectivity index (χ2n) is 7.03. The first kappa shape index (κ1) is 21.7. The lowest BCUT2D eigenvalue weighted by Crippen LogP contribution is -2.01. The van der Waals surface area contributed by atoms with Gasteiger partial charge >= 0.3 is 0 Å². The van der Waals surface area contributed by atoms with Crippen LogP contribution in [0.4, 0.5) is 0 Å². The third-order valence-electron chi connectivity index (χ3n) is 4.85. The van der Waals surface area contributed by atoms with E-state index in [9.17, 15) is 0 Å². The van der Waals surface area contributed by atoms with Crippen molar-refractivity contribution in [1.82, 2.24) is 25.0 Å². The van der Waals surface area contributed by atoms with E-state index >= 15 is 0 Å². The van der Waals surface area contributed by atoms with E-state index in [2.05, 4.69) is 20.4 Å². The molecule has 5 rings (SSSR count). The Morgan fingerprint density at radius 2 is 1.88 bits per heavy atom. The molecule has 0 aliphatic rings. The van der Waals surface area contributed by atoms with E-state index in [1.807, 2.05) is 77.5 Å². The van der Waals surface area contributed by atoms with Crippen LogP contribution in [0.3, 0.4) is 0 Å². The summed E-state index contributed by atoms with van der Waals surface area (Å²) in [5, 5.41) is 20.6. The maximum Gasteiger partial charge on any atom is 0.257 e. The first-order chi connectivity index (χ1) is 16.1. The molecule has 33 heavy (non-hydrogen) atoms. The molecule has 166 valence electrons. The SMILES string of the molecule is COc1cccc(-c2nnc(SC(C)c3nnc(-c4cccs4)o3)n2-c2ccc(Cl)cc2)c1. The number of aromatic nitrogens is 5. The predicted octanol–water partition coefficient (Wildman–Crippen LogP) is 6.56. The zero-order chi connectivity index (χ0) is 22.8. The highest BCUT2D eigenvalue weighted by molar-refractivity contribution is 7.99. The van der Waals surface area contributed by atoms with Gasteiger partial charge in [-0.1, -0.05) is 41.6 Å². The van der Waals surface area contributed by atoms with Crippen molar-refractivity contribution in [3.05, 3.63) is 77.0 Å². The Bertz CT molecular complexity index is 1370. The fraction of sp³-hybridized carbons (Fsp3) is 0.130. The molecule has 10 heteroatoms. The van der Waals surface area contributed by atoms with Crippen molar-refractivity contribution < 1.29 is 9.15 Å². The molecule has 7 nitrogen and oxygen atoms in total. The molecule has 3 aromatic heterocycles. The molecule has 0 saturated heterocycles. The van der Waals surface area contributed by atoms with Crippen LogP contribution in [-0.2, 0) is 0 Å². The van der Waals surface area contributed by atoms with E-state index in [-0.39, 0.29) is 5.25 Å². The van der Waals surface area contributed by atoms with Gasteiger partial charge in [0.25, 0.3) is 5.89 Å². The van der Waals surface area contributed by atoms with E-state index in [4.69, 9.17) is 20.8 Å². The van der Waals surface area contributed by atoms with Gasteiger partial charge < -0.3 is 9.15 Å². The molecule has 0 N–H and O–H groups in total. The zero-order valence-corrected chi connectivity index (χ0v) is 20.1. The quantitative estimate of drug-likeness (QED) is 0.236. The van der Waals surface area contributed by atoms with Crippen molar-refractivity contribution in [3.8, 4) is 33.6 Å². The lowest BCUT2D eigenvalue weighted by Gasteiger charge is -2.12. The second kappa shape index (κ2) is 9.38. The lowest BCUT2D eigenvalue weighted by atomic mass is 10.2. The highest BCUT2D eigenvalue weighted by atomic mass is 35.5. The summed E-state index contributed by atoms with van der Waals surface area (Å²) in [7, 11) is 1.64. The summed E-state index contributed by atoms with van der Waals surface area (Å²) in [5.41, 5.74) is 1.77. The van der Waals surface area contributed by atoms with Crippen molar-refractivity contribution in [3.63, 3.8) is 0 Å². The van der Waals surface area contributed by atoms with Gasteiger partial charge in [0.15, 0.2) is 11.0 Å². The number of benzene rings is 2. The van der Waals surface area contributed by atoms with Gasteiger partial charge in [-0.15, -0.1) is 31.7 Å². The van der Waals surface area contributed by atoms with Gasteiger partial charge in [0, 0.05) is 16.3 Å². The number of methoxy groups -OCH3 is 1. The molecule has 5 aromatic rings. The molecule has 0 bridgehead atoms. The summed E-state index contributed by atoms with van der Waals surface area (Å²) in [4.78, 5) is 0.940. The molecule has 0 saturated carbocycles. The Morgan fingerprint density at radius 1 is 1.03 bits per heavy atom. The molecular formula is C23H18ClN5O2S2. The van der Waals surface area contributed by atoms with Crippen LogP contribution in [0.25, 0.3) is 27.8 Å². The third kappa shape index (κ3) is 4.52. The lowest BCUT2D eigenvalue weighted by molar-refractivity contribution is 0.415. The van der Waals surface area contributed by atoms with Crippen LogP contribution in [0, 0.1) is 0 Å². The first-order valence-electron chi connectivity index (χ1n) is 10.0. The standard InChI is InChI=1S/C23H18ClN5O2S2/c1-14(21-26-27-22(31-21)19-7-4-12-32-19)33-23-28-25-20(15-5-3-6-18(13-15)30-2)29(23)17-10-8-16(24)9-11-17/h3-14H,1-2H3. The fourth-order valence-electron chi connectivity index (χ4n) is 3.23. The number of ether oxygens (including phenoxy) is 1. The second-order valence-corrected chi connectivity index (χ2v) is 9.72. The van der Waals surface area contributed by atoms with Crippen molar-refractivity contribution in [2.45, 2.75) is 17.3 Å². The van der Waals surface area contributed by atoms with Crippen LogP contribution >= 0.6 is 34.7 Å². The Labute approximate surface area is 203 Å². The maximum atomic E-state index is 6.13. The van der Waals surface area contributed by atoms with Crippen LogP contribution in [0.2, 0.25) is 5.02 Å². The minimum Gasteiger partial charge on any atom is -0.497 e. The average molecular weight is 496 g/mol. The molecule has 0 aliphatic heterocycles. The van der Waals surface area contributed by atoms with Gasteiger partial charge in [0.05, 0.1) is 17.2 Å². The number of thiophene rings is 1. The van der Waals surface area contributed by atoms with E-state index in [0.717, 1.165) is 21.9 Å². The minimum absolute atomic E-state index is 0.139. The van der Waals surface area contributed by atoms with Gasteiger partial charge in [-0.25, -0.2) is 0 Å². The fourth-order valence-corrected chi connectivity index (χ4v) is 4.89. The smallest absolute Gasteiger partial charge is 0.257 e. The number of hydrogen-bond acceptors (Lipinski definition) is 8. The van der Waals surface area contributed by atoms with Crippen LogP contribution < -0.4 is 4.74 Å². The average Bonchev–Trinajstić information content (AvgIpc) is 3.60. The van der Waals surface area contributed by atoms with Crippen LogP contribution in [0.1, 0.15) is 18.1 Å². The highest BCUT2D eigenvalue weighted by Crippen LogP contribution is 2.38. The third-order valence-corrected chi connectivity index (χ3v) is 6.99. The Balaban J connectivity index is 1.52. The minimum atomic E-state index is -0.139. The summed E-state index contributed by atoms with van der Waals surface area (Å²) in [6.07, 6.45) is 0. The van der Waals surface area contributed by atoms with Crippen molar-refractivity contribution >= 4 is 34.7 Å². The summed E-state index contributed by atoms with van der Waals surface area (Å²) in [6, 6.07) is 19.2. The first-order valence-corrected chi connectivity index (χ1v) is 12.2. The number of thioether (sulfide) groups is 1. The Hall–Kier alpha value is -3.14. The van der Waals surface area contributed by atoms with Gasteiger partial charge in [-0.2, -0.15) is 0 Å². The number of hydrogen-bond donors (Lipinski definition) is 0. The molecule has 0 amide bonds. The largest absolute Gasteiger partial charge is 0.497 e. The monoisotopic (exact) mass is 495 g/mol. The van der Waals surface area contributed by atoms with Gasteiger partial charge in [-0.05, 0) is 54.8 Å². The van der Waals surface area contributed by atoms with Crippen LogP contribution in [0.15, 0.2) is 75.6 Å². The van der Waals surface area contributed by atoms with Gasteiger partial charge in [-0.3, -0.25) is 4.57 Å². The molecule has 0 fully saturated rings. The molecule has 1 atom stereocenters. The summed E-state index contributed by atoms with van der Waals surface area (Å²) in [5.74, 6) is 2.48. The summed E-state index contributed by atoms with van der Waals surface area (Å²) in [6.45, 7) is 2.00. The maximum absolute atomic E-state index is 6.13. The predicted molar refractivity (Wildman–Crippen MR) is 130 cm³/mol. The van der Waals surface area contributed by atoms with Crippen molar-refractivity contribution in [1.29, 1.82) is 0 Å². The Kier molecular flexibility index (Phi) is 6.17. The topological polar surface area (TPSA) is 78.9 Å². The van der Waals surface area contributed by atoms with Crippen molar-refractivity contribution in [2.75, 3.05) is 7.11 Å². The van der Waals surface area contributed by atoms with Gasteiger partial charge in [0.2, 0.25) is 5.89 Å². The number of rotatable bonds is 7. The number of halogens is 1. The van der Waals surface area contributed by atoms with Crippen LogP contribution in [-0.4, -0.2) is 32.1 Å². The van der Waals surface area contributed by atoms with Crippen molar-refractivity contribution in [2.24, 2.45) is 0 Å². The zero-order valence-electron chi connectivity index (χ0n) is 17.7. The van der Waals surface area contributed by atoms with Crippen LogP contribution in [0.5, 0.6) is 5.75 Å². The molecule has 0 radical (unpaired) electrons. The van der Waals surface area contributed by atoms with E-state index in [1.54, 1.807) is 18.4 Å². The molecule has 0 spiro atoms. The van der Waals surface area contributed by atoms with E-state index in [1.165, 1.54) is 11.8 Å². The molecule has 1 unspecified atom stereocenters. The molecule has 0 aliphatic carbocycles. The summed E-state index contributed by atoms with van der Waals surface area (Å²) >= 11 is 9.18. The molecular weight excluding hydrogens is 478 g/mol. The molecule has 3 heterocycles.